The third-order valence-corrected chi connectivity index (χ3v) is 3.63. The summed E-state index contributed by atoms with van der Waals surface area (Å²) in [5.74, 6) is -0.226. The minimum atomic E-state index is -0.467. The summed E-state index contributed by atoms with van der Waals surface area (Å²) in [5, 5.41) is 3.34. The highest BCUT2D eigenvalue weighted by Gasteiger charge is 2.31. The van der Waals surface area contributed by atoms with E-state index in [9.17, 15) is 9.18 Å². The molecule has 1 saturated heterocycles. The SMILES string of the molecule is CC(C)(C)OC(=O)N1CCCC1CNCc1ccc(F)cc1. The van der Waals surface area contributed by atoms with Crippen molar-refractivity contribution in [1.29, 1.82) is 0 Å². The molecule has 22 heavy (non-hydrogen) atoms. The summed E-state index contributed by atoms with van der Waals surface area (Å²) in [7, 11) is 0. The van der Waals surface area contributed by atoms with Gasteiger partial charge in [-0.2, -0.15) is 0 Å². The van der Waals surface area contributed by atoms with Crippen molar-refractivity contribution in [2.45, 2.75) is 51.8 Å². The Morgan fingerprint density at radius 3 is 2.68 bits per heavy atom. The van der Waals surface area contributed by atoms with Crippen LogP contribution in [0.5, 0.6) is 0 Å². The van der Waals surface area contributed by atoms with Gasteiger partial charge in [-0.1, -0.05) is 12.1 Å². The van der Waals surface area contributed by atoms with Crippen LogP contribution in [0, 0.1) is 5.82 Å². The van der Waals surface area contributed by atoms with Crippen molar-refractivity contribution in [3.8, 4) is 0 Å². The number of hydrogen-bond donors (Lipinski definition) is 1. The van der Waals surface area contributed by atoms with E-state index in [2.05, 4.69) is 5.32 Å². The topological polar surface area (TPSA) is 41.6 Å². The second-order valence-electron chi connectivity index (χ2n) is 6.73. The monoisotopic (exact) mass is 308 g/mol. The first-order valence-electron chi connectivity index (χ1n) is 7.80. The highest BCUT2D eigenvalue weighted by molar-refractivity contribution is 5.69. The smallest absolute Gasteiger partial charge is 0.410 e. The van der Waals surface area contributed by atoms with Gasteiger partial charge in [0.05, 0.1) is 0 Å². The van der Waals surface area contributed by atoms with Crippen molar-refractivity contribution in [1.82, 2.24) is 10.2 Å². The van der Waals surface area contributed by atoms with Gasteiger partial charge in [0.15, 0.2) is 0 Å². The van der Waals surface area contributed by atoms with Crippen LogP contribution in [0.1, 0.15) is 39.2 Å². The number of carbonyl (C=O) groups is 1. The largest absolute Gasteiger partial charge is 0.444 e. The summed E-state index contributed by atoms with van der Waals surface area (Å²) in [6, 6.07) is 6.61. The van der Waals surface area contributed by atoms with Gasteiger partial charge < -0.3 is 15.0 Å². The Balaban J connectivity index is 1.81. The van der Waals surface area contributed by atoms with Crippen molar-refractivity contribution in [3.05, 3.63) is 35.6 Å². The van der Waals surface area contributed by atoms with Gasteiger partial charge in [0.25, 0.3) is 0 Å². The zero-order valence-corrected chi connectivity index (χ0v) is 13.6. The molecule has 0 aliphatic carbocycles. The molecule has 122 valence electrons. The van der Waals surface area contributed by atoms with Crippen LogP contribution in [-0.2, 0) is 11.3 Å². The molecule has 0 aromatic heterocycles. The number of benzene rings is 1. The van der Waals surface area contributed by atoms with Crippen molar-refractivity contribution in [2.24, 2.45) is 0 Å². The Morgan fingerprint density at radius 2 is 2.05 bits per heavy atom. The van der Waals surface area contributed by atoms with Gasteiger partial charge >= 0.3 is 6.09 Å². The zero-order chi connectivity index (χ0) is 16.2. The molecular formula is C17H25FN2O2. The lowest BCUT2D eigenvalue weighted by Gasteiger charge is -2.28. The summed E-state index contributed by atoms with van der Waals surface area (Å²) in [6.45, 7) is 7.77. The van der Waals surface area contributed by atoms with E-state index >= 15 is 0 Å². The van der Waals surface area contributed by atoms with Crippen LogP contribution < -0.4 is 5.32 Å². The first-order valence-corrected chi connectivity index (χ1v) is 7.80. The predicted octanol–water partition coefficient (Wildman–Crippen LogP) is 3.31. The maximum atomic E-state index is 12.9. The van der Waals surface area contributed by atoms with Crippen LogP contribution in [0.4, 0.5) is 9.18 Å². The highest BCUT2D eigenvalue weighted by Crippen LogP contribution is 2.20. The second-order valence-corrected chi connectivity index (χ2v) is 6.73. The van der Waals surface area contributed by atoms with E-state index < -0.39 is 5.60 Å². The number of nitrogens with one attached hydrogen (secondary N) is 1. The Hall–Kier alpha value is -1.62. The van der Waals surface area contributed by atoms with Gasteiger partial charge in [0.2, 0.25) is 0 Å². The minimum absolute atomic E-state index is 0.162. The van der Waals surface area contributed by atoms with Crippen LogP contribution in [0.3, 0.4) is 0 Å². The minimum Gasteiger partial charge on any atom is -0.444 e. The molecule has 0 spiro atoms. The second kappa shape index (κ2) is 7.09. The molecule has 0 bridgehead atoms. The highest BCUT2D eigenvalue weighted by atomic mass is 19.1. The van der Waals surface area contributed by atoms with Crippen LogP contribution in [0.25, 0.3) is 0 Å². The van der Waals surface area contributed by atoms with Gasteiger partial charge in [0, 0.05) is 25.7 Å². The normalized spacial score (nSPS) is 18.5. The van der Waals surface area contributed by atoms with Crippen molar-refractivity contribution < 1.29 is 13.9 Å². The molecule has 1 aliphatic rings. The Kier molecular flexibility index (Phi) is 5.40. The molecule has 5 heteroatoms. The van der Waals surface area contributed by atoms with Gasteiger partial charge in [-0.3, -0.25) is 0 Å². The van der Waals surface area contributed by atoms with Gasteiger partial charge in [-0.05, 0) is 51.3 Å². The number of rotatable bonds is 4. The average molecular weight is 308 g/mol. The number of amides is 1. The molecule has 1 unspecified atom stereocenters. The fourth-order valence-corrected chi connectivity index (χ4v) is 2.59. The third kappa shape index (κ3) is 4.98. The predicted molar refractivity (Wildman–Crippen MR) is 84.1 cm³/mol. The summed E-state index contributed by atoms with van der Waals surface area (Å²) < 4.78 is 18.3. The van der Waals surface area contributed by atoms with Crippen LogP contribution >= 0.6 is 0 Å². The molecule has 1 aromatic rings. The molecule has 2 rings (SSSR count). The first kappa shape index (κ1) is 16.7. The van der Waals surface area contributed by atoms with Crippen LogP contribution in [0.2, 0.25) is 0 Å². The summed E-state index contributed by atoms with van der Waals surface area (Å²) >= 11 is 0. The van der Waals surface area contributed by atoms with Crippen LogP contribution in [0.15, 0.2) is 24.3 Å². The van der Waals surface area contributed by atoms with E-state index in [1.165, 1.54) is 12.1 Å². The lowest BCUT2D eigenvalue weighted by atomic mass is 10.2. The molecule has 1 N–H and O–H groups in total. The standard InChI is InChI=1S/C17H25FN2O2/c1-17(2,3)22-16(21)20-10-4-5-15(20)12-19-11-13-6-8-14(18)9-7-13/h6-9,15,19H,4-5,10-12H2,1-3H3. The van der Waals surface area contributed by atoms with E-state index in [0.29, 0.717) is 6.54 Å². The summed E-state index contributed by atoms with van der Waals surface area (Å²) in [4.78, 5) is 14.0. The molecule has 0 saturated carbocycles. The number of ether oxygens (including phenoxy) is 1. The lowest BCUT2D eigenvalue weighted by Crippen LogP contribution is -2.44. The van der Waals surface area contributed by atoms with Crippen LogP contribution in [-0.4, -0.2) is 35.7 Å². The average Bonchev–Trinajstić information content (AvgIpc) is 2.88. The Bertz CT molecular complexity index is 496. The molecule has 1 fully saturated rings. The Labute approximate surface area is 131 Å². The molecule has 4 nitrogen and oxygen atoms in total. The number of nitrogens with zero attached hydrogens (tertiary/aromatic N) is 1. The number of halogens is 1. The van der Waals surface area contributed by atoms with E-state index in [-0.39, 0.29) is 18.0 Å². The molecule has 1 amide bonds. The molecule has 1 aromatic carbocycles. The Morgan fingerprint density at radius 1 is 1.36 bits per heavy atom. The van der Waals surface area contributed by atoms with E-state index in [1.54, 1.807) is 12.1 Å². The third-order valence-electron chi connectivity index (χ3n) is 3.63. The van der Waals surface area contributed by atoms with E-state index in [1.807, 2.05) is 25.7 Å². The maximum absolute atomic E-state index is 12.9. The van der Waals surface area contributed by atoms with Gasteiger partial charge in [-0.25, -0.2) is 9.18 Å². The summed E-state index contributed by atoms with van der Waals surface area (Å²) in [5.41, 5.74) is 0.564. The summed E-state index contributed by atoms with van der Waals surface area (Å²) in [6.07, 6.45) is 1.75. The van der Waals surface area contributed by atoms with E-state index in [0.717, 1.165) is 31.5 Å². The zero-order valence-electron chi connectivity index (χ0n) is 13.6. The van der Waals surface area contributed by atoms with Crippen molar-refractivity contribution in [3.63, 3.8) is 0 Å². The molecular weight excluding hydrogens is 283 g/mol. The molecule has 1 atom stereocenters. The molecule has 1 aliphatic heterocycles. The quantitative estimate of drug-likeness (QED) is 0.928. The van der Waals surface area contributed by atoms with Gasteiger partial charge in [0.1, 0.15) is 11.4 Å². The number of carbonyl (C=O) groups excluding carboxylic acids is 1. The van der Waals surface area contributed by atoms with E-state index in [4.69, 9.17) is 4.74 Å². The molecule has 0 radical (unpaired) electrons. The fourth-order valence-electron chi connectivity index (χ4n) is 2.59. The van der Waals surface area contributed by atoms with Crippen molar-refractivity contribution >= 4 is 6.09 Å². The van der Waals surface area contributed by atoms with Crippen molar-refractivity contribution in [2.75, 3.05) is 13.1 Å². The molecule has 1 heterocycles. The maximum Gasteiger partial charge on any atom is 0.410 e. The number of hydrogen-bond acceptors (Lipinski definition) is 3. The fraction of sp³-hybridized carbons (Fsp3) is 0.588. The van der Waals surface area contributed by atoms with Gasteiger partial charge in [-0.15, -0.1) is 0 Å². The first-order chi connectivity index (χ1) is 10.3. The number of likely N-dealkylation sites (tertiary alicyclic amines) is 1. The lowest BCUT2D eigenvalue weighted by molar-refractivity contribution is 0.0226.